The number of nitrogens with one attached hydrogen (secondary N) is 1. The third kappa shape index (κ3) is 2.78. The summed E-state index contributed by atoms with van der Waals surface area (Å²) in [5.41, 5.74) is 2.12. The molecule has 3 aromatic rings. The lowest BCUT2D eigenvalue weighted by Gasteiger charge is -2.16. The molecule has 1 aliphatic rings. The van der Waals surface area contributed by atoms with Crippen LogP contribution in [-0.2, 0) is 0 Å². The molecule has 0 saturated carbocycles. The zero-order chi connectivity index (χ0) is 15.6. The predicted octanol–water partition coefficient (Wildman–Crippen LogP) is 3.09. The quantitative estimate of drug-likeness (QED) is 0.807. The van der Waals surface area contributed by atoms with Gasteiger partial charge in [0.25, 0.3) is 0 Å². The van der Waals surface area contributed by atoms with E-state index in [1.54, 1.807) is 0 Å². The number of likely N-dealkylation sites (N-methyl/N-ethyl adjacent to an activating group) is 1. The number of anilines is 1. The van der Waals surface area contributed by atoms with Gasteiger partial charge in [-0.05, 0) is 36.4 Å². The summed E-state index contributed by atoms with van der Waals surface area (Å²) in [5, 5.41) is 5.82. The zero-order valence-corrected chi connectivity index (χ0v) is 13.2. The Hall–Kier alpha value is -2.46. The van der Waals surface area contributed by atoms with Gasteiger partial charge in [-0.25, -0.2) is 9.97 Å². The Morgan fingerprint density at radius 3 is 2.78 bits per heavy atom. The summed E-state index contributed by atoms with van der Waals surface area (Å²) in [6.07, 6.45) is 3.00. The van der Waals surface area contributed by atoms with Gasteiger partial charge in [0, 0.05) is 30.9 Å². The van der Waals surface area contributed by atoms with Crippen molar-refractivity contribution in [2.45, 2.75) is 12.5 Å². The highest BCUT2D eigenvalue weighted by atomic mass is 15.3. The maximum absolute atomic E-state index is 4.79. The molecule has 4 heteroatoms. The molecule has 4 rings (SSSR count). The number of hydrogen-bond acceptors (Lipinski definition) is 4. The molecule has 1 aliphatic heterocycles. The highest BCUT2D eigenvalue weighted by Gasteiger charge is 2.23. The molecule has 0 radical (unpaired) electrons. The van der Waals surface area contributed by atoms with Crippen molar-refractivity contribution < 1.29 is 0 Å². The molecular formula is C19H20N4. The molecule has 1 fully saturated rings. The van der Waals surface area contributed by atoms with E-state index in [0.29, 0.717) is 6.04 Å². The number of fused-ring (bicyclic) bond motifs is 1. The molecule has 23 heavy (non-hydrogen) atoms. The molecule has 0 unspecified atom stereocenters. The van der Waals surface area contributed by atoms with Crippen molar-refractivity contribution in [1.82, 2.24) is 15.3 Å². The highest BCUT2D eigenvalue weighted by Crippen LogP contribution is 2.25. The molecule has 1 aromatic heterocycles. The Bertz CT molecular complexity index is 830. The zero-order valence-electron chi connectivity index (χ0n) is 13.2. The minimum Gasteiger partial charge on any atom is -0.339 e. The lowest BCUT2D eigenvalue weighted by molar-refractivity contribution is 0.616. The lowest BCUT2D eigenvalue weighted by Crippen LogP contribution is -2.30. The summed E-state index contributed by atoms with van der Waals surface area (Å²) in [6, 6.07) is 17.4. The maximum atomic E-state index is 4.79. The van der Waals surface area contributed by atoms with Crippen LogP contribution in [0, 0.1) is 0 Å². The van der Waals surface area contributed by atoms with Crippen LogP contribution in [0.15, 0.2) is 54.7 Å². The summed E-state index contributed by atoms with van der Waals surface area (Å²) >= 11 is 0. The first-order valence-electron chi connectivity index (χ1n) is 8.08. The van der Waals surface area contributed by atoms with Gasteiger partial charge in [-0.1, -0.05) is 36.4 Å². The van der Waals surface area contributed by atoms with Gasteiger partial charge in [0.15, 0.2) is 0 Å². The van der Waals surface area contributed by atoms with Crippen LogP contribution >= 0.6 is 0 Å². The highest BCUT2D eigenvalue weighted by molar-refractivity contribution is 5.86. The average Bonchev–Trinajstić information content (AvgIpc) is 3.11. The molecule has 2 heterocycles. The Morgan fingerprint density at radius 2 is 1.96 bits per heavy atom. The van der Waals surface area contributed by atoms with Gasteiger partial charge in [-0.3, -0.25) is 0 Å². The Balaban J connectivity index is 1.67. The van der Waals surface area contributed by atoms with E-state index in [0.717, 1.165) is 36.7 Å². The fourth-order valence-corrected chi connectivity index (χ4v) is 3.19. The van der Waals surface area contributed by atoms with Gasteiger partial charge in [0.1, 0.15) is 0 Å². The van der Waals surface area contributed by atoms with Crippen molar-refractivity contribution in [3.05, 3.63) is 54.7 Å². The lowest BCUT2D eigenvalue weighted by atomic mass is 10.1. The van der Waals surface area contributed by atoms with E-state index in [2.05, 4.69) is 57.7 Å². The van der Waals surface area contributed by atoms with E-state index in [4.69, 9.17) is 4.98 Å². The van der Waals surface area contributed by atoms with Gasteiger partial charge < -0.3 is 10.2 Å². The van der Waals surface area contributed by atoms with Gasteiger partial charge >= 0.3 is 0 Å². The minimum atomic E-state index is 0.530. The van der Waals surface area contributed by atoms with Crippen LogP contribution in [0.2, 0.25) is 0 Å². The van der Waals surface area contributed by atoms with Crippen molar-refractivity contribution in [2.24, 2.45) is 0 Å². The Labute approximate surface area is 136 Å². The fourth-order valence-electron chi connectivity index (χ4n) is 3.19. The topological polar surface area (TPSA) is 41.0 Å². The van der Waals surface area contributed by atoms with Crippen LogP contribution in [0.4, 0.5) is 5.95 Å². The molecule has 2 aromatic carbocycles. The second kappa shape index (κ2) is 5.97. The van der Waals surface area contributed by atoms with Crippen LogP contribution in [0.25, 0.3) is 22.0 Å². The second-order valence-corrected chi connectivity index (χ2v) is 6.02. The molecule has 1 N–H and O–H groups in total. The summed E-state index contributed by atoms with van der Waals surface area (Å²) < 4.78 is 0. The Morgan fingerprint density at radius 1 is 1.09 bits per heavy atom. The molecule has 0 spiro atoms. The molecule has 116 valence electrons. The smallest absolute Gasteiger partial charge is 0.225 e. The number of rotatable bonds is 3. The summed E-state index contributed by atoms with van der Waals surface area (Å²) in [7, 11) is 2.01. The third-order valence-electron chi connectivity index (χ3n) is 4.57. The molecule has 0 bridgehead atoms. The van der Waals surface area contributed by atoms with Crippen LogP contribution in [0.3, 0.4) is 0 Å². The van der Waals surface area contributed by atoms with Crippen molar-refractivity contribution in [1.29, 1.82) is 0 Å². The van der Waals surface area contributed by atoms with Crippen molar-refractivity contribution in [2.75, 3.05) is 25.0 Å². The van der Waals surface area contributed by atoms with E-state index < -0.39 is 0 Å². The van der Waals surface area contributed by atoms with E-state index >= 15 is 0 Å². The van der Waals surface area contributed by atoms with Crippen molar-refractivity contribution >= 4 is 16.7 Å². The van der Waals surface area contributed by atoms with Gasteiger partial charge in [-0.15, -0.1) is 0 Å². The van der Waals surface area contributed by atoms with E-state index in [1.165, 1.54) is 10.8 Å². The molecule has 0 aliphatic carbocycles. The normalized spacial score (nSPS) is 17.8. The summed E-state index contributed by atoms with van der Waals surface area (Å²) in [4.78, 5) is 11.5. The molecular weight excluding hydrogens is 284 g/mol. The van der Waals surface area contributed by atoms with Crippen molar-refractivity contribution in [3.8, 4) is 11.3 Å². The van der Waals surface area contributed by atoms with E-state index in [-0.39, 0.29) is 0 Å². The number of hydrogen-bond donors (Lipinski definition) is 1. The van der Waals surface area contributed by atoms with E-state index in [9.17, 15) is 0 Å². The first-order chi connectivity index (χ1) is 11.3. The SMILES string of the molecule is CN[C@H]1CCN(c2nccc(-c3ccc4ccccc4c3)n2)C1. The molecule has 1 atom stereocenters. The van der Waals surface area contributed by atoms with E-state index in [1.807, 2.05) is 19.3 Å². The molecule has 4 nitrogen and oxygen atoms in total. The average molecular weight is 304 g/mol. The number of benzene rings is 2. The standard InChI is InChI=1S/C19H20N4/c1-20-17-9-11-23(13-17)19-21-10-8-18(22-19)16-7-6-14-4-2-3-5-15(14)12-16/h2-8,10,12,17,20H,9,11,13H2,1H3/t17-/m0/s1. The second-order valence-electron chi connectivity index (χ2n) is 6.02. The summed E-state index contributed by atoms with van der Waals surface area (Å²) in [5.74, 6) is 0.827. The van der Waals surface area contributed by atoms with Crippen LogP contribution in [-0.4, -0.2) is 36.1 Å². The number of nitrogens with zero attached hydrogens (tertiary/aromatic N) is 3. The number of aromatic nitrogens is 2. The predicted molar refractivity (Wildman–Crippen MR) is 94.7 cm³/mol. The molecule has 0 amide bonds. The monoisotopic (exact) mass is 304 g/mol. The molecule has 1 saturated heterocycles. The van der Waals surface area contributed by atoms with Gasteiger partial charge in [-0.2, -0.15) is 0 Å². The fraction of sp³-hybridized carbons (Fsp3) is 0.263. The van der Waals surface area contributed by atoms with Gasteiger partial charge in [0.2, 0.25) is 5.95 Å². The van der Waals surface area contributed by atoms with Crippen molar-refractivity contribution in [3.63, 3.8) is 0 Å². The Kier molecular flexibility index (Phi) is 3.67. The largest absolute Gasteiger partial charge is 0.339 e. The summed E-state index contributed by atoms with van der Waals surface area (Å²) in [6.45, 7) is 1.98. The first kappa shape index (κ1) is 14.2. The van der Waals surface area contributed by atoms with Crippen LogP contribution in [0.1, 0.15) is 6.42 Å². The third-order valence-corrected chi connectivity index (χ3v) is 4.57. The minimum absolute atomic E-state index is 0.530. The van der Waals surface area contributed by atoms with Crippen LogP contribution < -0.4 is 10.2 Å². The maximum Gasteiger partial charge on any atom is 0.225 e. The first-order valence-corrected chi connectivity index (χ1v) is 8.08. The van der Waals surface area contributed by atoms with Crippen LogP contribution in [0.5, 0.6) is 0 Å². The van der Waals surface area contributed by atoms with Gasteiger partial charge in [0.05, 0.1) is 5.69 Å².